The summed E-state index contributed by atoms with van der Waals surface area (Å²) in [6, 6.07) is 5.64. The Labute approximate surface area is 111 Å². The lowest BCUT2D eigenvalue weighted by Crippen LogP contribution is -2.09. The average molecular weight is 259 g/mol. The van der Waals surface area contributed by atoms with Crippen LogP contribution < -0.4 is 10.6 Å². The molecule has 0 spiro atoms. The highest BCUT2D eigenvalue weighted by atomic mass is 16.1. The van der Waals surface area contributed by atoms with Gasteiger partial charge in [0.15, 0.2) is 0 Å². The fraction of sp³-hybridized carbons (Fsp3) is 0.308. The Morgan fingerprint density at radius 2 is 2.16 bits per heavy atom. The van der Waals surface area contributed by atoms with Crippen molar-refractivity contribution in [3.8, 4) is 0 Å². The van der Waals surface area contributed by atoms with Gasteiger partial charge >= 0.3 is 0 Å². The molecule has 0 aliphatic heterocycles. The molecule has 0 aliphatic rings. The van der Waals surface area contributed by atoms with Crippen molar-refractivity contribution in [1.82, 2.24) is 15.0 Å². The number of H-pyrrole nitrogens is 1. The molecule has 3 N–H and O–H groups in total. The highest BCUT2D eigenvalue weighted by molar-refractivity contribution is 5.76. The topological polar surface area (TPSA) is 82.7 Å². The Hall–Kier alpha value is -2.37. The maximum Gasteiger partial charge on any atom is 0.137 e. The third-order valence-electron chi connectivity index (χ3n) is 2.48. The first-order valence-electron chi connectivity index (χ1n) is 6.13. The van der Waals surface area contributed by atoms with Gasteiger partial charge in [0, 0.05) is 25.2 Å². The van der Waals surface area contributed by atoms with Crippen molar-refractivity contribution in [2.24, 2.45) is 0 Å². The maximum absolute atomic E-state index is 10.9. The predicted octanol–water partition coefficient (Wildman–Crippen LogP) is 2.25. The first-order chi connectivity index (χ1) is 9.13. The summed E-state index contributed by atoms with van der Waals surface area (Å²) in [6.07, 6.45) is 2.32. The van der Waals surface area contributed by atoms with E-state index in [0.29, 0.717) is 30.4 Å². The number of ketones is 1. The molecule has 6 heteroatoms. The molecule has 0 unspecified atom stereocenters. The number of aromatic amines is 1. The Morgan fingerprint density at radius 1 is 1.37 bits per heavy atom. The van der Waals surface area contributed by atoms with Crippen LogP contribution in [-0.2, 0) is 4.79 Å². The van der Waals surface area contributed by atoms with Gasteiger partial charge in [-0.2, -0.15) is 0 Å². The van der Waals surface area contributed by atoms with Crippen molar-refractivity contribution in [2.45, 2.75) is 20.3 Å². The van der Waals surface area contributed by atoms with E-state index in [1.807, 2.05) is 31.3 Å². The van der Waals surface area contributed by atoms with Crippen LogP contribution in [0.2, 0.25) is 0 Å². The van der Waals surface area contributed by atoms with Gasteiger partial charge in [0.2, 0.25) is 0 Å². The van der Waals surface area contributed by atoms with Crippen LogP contribution in [0.1, 0.15) is 19.2 Å². The molecule has 2 aromatic heterocycles. The van der Waals surface area contributed by atoms with Crippen LogP contribution in [-0.4, -0.2) is 27.3 Å². The second kappa shape index (κ2) is 5.99. The van der Waals surface area contributed by atoms with E-state index in [4.69, 9.17) is 0 Å². The quantitative estimate of drug-likeness (QED) is 0.741. The standard InChI is InChI=1S/C13H17N5O/c1-9(19)5-7-15-12-8-13(17-10(2)16-12)18-11-4-3-6-14-11/h3-4,6,8,14H,5,7H2,1-2H3,(H2,15,16,17,18). The Kier molecular flexibility index (Phi) is 4.12. The number of rotatable bonds is 6. The summed E-state index contributed by atoms with van der Waals surface area (Å²) in [6.45, 7) is 3.98. The zero-order valence-corrected chi connectivity index (χ0v) is 11.0. The third-order valence-corrected chi connectivity index (χ3v) is 2.48. The summed E-state index contributed by atoms with van der Waals surface area (Å²) in [7, 11) is 0. The Morgan fingerprint density at radius 3 is 2.84 bits per heavy atom. The van der Waals surface area contributed by atoms with E-state index in [2.05, 4.69) is 25.6 Å². The number of Topliss-reactive ketones (excluding diaryl/α,β-unsaturated/α-hetero) is 1. The van der Waals surface area contributed by atoms with Crippen LogP contribution in [0.15, 0.2) is 24.4 Å². The van der Waals surface area contributed by atoms with Crippen molar-refractivity contribution in [3.63, 3.8) is 0 Å². The number of carbonyl (C=O) groups is 1. The van der Waals surface area contributed by atoms with E-state index in [-0.39, 0.29) is 5.78 Å². The molecule has 0 aromatic carbocycles. The lowest BCUT2D eigenvalue weighted by Gasteiger charge is -2.08. The van der Waals surface area contributed by atoms with Gasteiger partial charge in [-0.3, -0.25) is 4.79 Å². The van der Waals surface area contributed by atoms with Gasteiger partial charge in [-0.25, -0.2) is 9.97 Å². The summed E-state index contributed by atoms with van der Waals surface area (Å²) < 4.78 is 0. The molecule has 0 saturated carbocycles. The highest BCUT2D eigenvalue weighted by Crippen LogP contribution is 2.15. The minimum Gasteiger partial charge on any atom is -0.369 e. The summed E-state index contributed by atoms with van der Waals surface area (Å²) >= 11 is 0. The minimum absolute atomic E-state index is 0.156. The van der Waals surface area contributed by atoms with Crippen molar-refractivity contribution in [2.75, 3.05) is 17.2 Å². The number of nitrogens with one attached hydrogen (secondary N) is 3. The van der Waals surface area contributed by atoms with Crippen LogP contribution >= 0.6 is 0 Å². The first-order valence-corrected chi connectivity index (χ1v) is 6.13. The molecule has 0 aliphatic carbocycles. The lowest BCUT2D eigenvalue weighted by molar-refractivity contribution is -0.116. The molecule has 0 radical (unpaired) electrons. The molecular weight excluding hydrogens is 242 g/mol. The van der Waals surface area contributed by atoms with Gasteiger partial charge in [0.25, 0.3) is 0 Å². The van der Waals surface area contributed by atoms with Gasteiger partial charge in [-0.15, -0.1) is 0 Å². The van der Waals surface area contributed by atoms with Crippen molar-refractivity contribution in [3.05, 3.63) is 30.2 Å². The average Bonchev–Trinajstić information content (AvgIpc) is 2.80. The van der Waals surface area contributed by atoms with E-state index in [1.54, 1.807) is 6.92 Å². The predicted molar refractivity (Wildman–Crippen MR) is 74.6 cm³/mol. The lowest BCUT2D eigenvalue weighted by atomic mass is 10.3. The van der Waals surface area contributed by atoms with E-state index in [0.717, 1.165) is 5.82 Å². The van der Waals surface area contributed by atoms with Gasteiger partial charge in [-0.1, -0.05) is 0 Å². The Balaban J connectivity index is 2.04. The second-order valence-electron chi connectivity index (χ2n) is 4.27. The normalized spacial score (nSPS) is 10.2. The number of aryl methyl sites for hydroxylation is 1. The van der Waals surface area contributed by atoms with E-state index in [9.17, 15) is 4.79 Å². The SMILES string of the molecule is CC(=O)CCNc1cc(Nc2ccc[nH]2)nc(C)n1. The smallest absolute Gasteiger partial charge is 0.137 e. The number of anilines is 3. The summed E-state index contributed by atoms with van der Waals surface area (Å²) in [5.41, 5.74) is 0. The zero-order valence-electron chi connectivity index (χ0n) is 11.0. The molecule has 2 aromatic rings. The first kappa shape index (κ1) is 13.1. The minimum atomic E-state index is 0.156. The molecule has 0 saturated heterocycles. The van der Waals surface area contributed by atoms with E-state index < -0.39 is 0 Å². The fourth-order valence-corrected chi connectivity index (χ4v) is 1.63. The summed E-state index contributed by atoms with van der Waals surface area (Å²) in [5.74, 6) is 3.11. The van der Waals surface area contributed by atoms with Crippen molar-refractivity contribution in [1.29, 1.82) is 0 Å². The molecule has 2 heterocycles. The molecule has 0 atom stereocenters. The number of aromatic nitrogens is 3. The molecule has 0 amide bonds. The molecule has 6 nitrogen and oxygen atoms in total. The summed E-state index contributed by atoms with van der Waals surface area (Å²) in [4.78, 5) is 22.5. The van der Waals surface area contributed by atoms with Gasteiger partial charge in [-0.05, 0) is 26.0 Å². The second-order valence-corrected chi connectivity index (χ2v) is 4.27. The molecular formula is C13H17N5O. The molecule has 19 heavy (non-hydrogen) atoms. The Bertz CT molecular complexity index is 550. The van der Waals surface area contributed by atoms with Gasteiger partial charge in [0.05, 0.1) is 0 Å². The van der Waals surface area contributed by atoms with E-state index >= 15 is 0 Å². The highest BCUT2D eigenvalue weighted by Gasteiger charge is 2.03. The largest absolute Gasteiger partial charge is 0.369 e. The monoisotopic (exact) mass is 259 g/mol. The summed E-state index contributed by atoms with van der Waals surface area (Å²) in [5, 5.41) is 6.27. The third kappa shape index (κ3) is 4.09. The number of hydrogen-bond acceptors (Lipinski definition) is 5. The van der Waals surface area contributed by atoms with Crippen LogP contribution in [0, 0.1) is 6.92 Å². The fourth-order valence-electron chi connectivity index (χ4n) is 1.63. The molecule has 0 bridgehead atoms. The van der Waals surface area contributed by atoms with Crippen LogP contribution in [0.5, 0.6) is 0 Å². The van der Waals surface area contributed by atoms with E-state index in [1.165, 1.54) is 0 Å². The zero-order chi connectivity index (χ0) is 13.7. The van der Waals surface area contributed by atoms with Crippen molar-refractivity contribution < 1.29 is 4.79 Å². The number of carbonyl (C=O) groups excluding carboxylic acids is 1. The molecule has 0 fully saturated rings. The van der Waals surface area contributed by atoms with Crippen LogP contribution in [0.4, 0.5) is 17.5 Å². The molecule has 100 valence electrons. The van der Waals surface area contributed by atoms with Crippen LogP contribution in [0.3, 0.4) is 0 Å². The van der Waals surface area contributed by atoms with Crippen molar-refractivity contribution >= 4 is 23.2 Å². The van der Waals surface area contributed by atoms with Gasteiger partial charge in [0.1, 0.15) is 29.1 Å². The maximum atomic E-state index is 10.9. The molecule has 2 rings (SSSR count). The van der Waals surface area contributed by atoms with Gasteiger partial charge < -0.3 is 15.6 Å². The van der Waals surface area contributed by atoms with Crippen LogP contribution in [0.25, 0.3) is 0 Å². The number of hydrogen-bond donors (Lipinski definition) is 3. The number of nitrogens with zero attached hydrogens (tertiary/aromatic N) is 2.